The predicted octanol–water partition coefficient (Wildman–Crippen LogP) is 22.8. The number of esters is 4. The van der Waals surface area contributed by atoms with E-state index in [1.165, 1.54) is 224 Å². The van der Waals surface area contributed by atoms with Crippen LogP contribution in [-0.4, -0.2) is 48.3 Å². The van der Waals surface area contributed by atoms with Gasteiger partial charge in [0.25, 0.3) is 0 Å². The Balaban J connectivity index is 0.833. The molecule has 7 fully saturated rings. The van der Waals surface area contributed by atoms with Crippen molar-refractivity contribution in [3.63, 3.8) is 0 Å². The van der Waals surface area contributed by atoms with Crippen LogP contribution in [0, 0.1) is 94.7 Å². The van der Waals surface area contributed by atoms with Crippen molar-refractivity contribution in [2.75, 3.05) is 13.2 Å². The summed E-state index contributed by atoms with van der Waals surface area (Å²) in [4.78, 5) is 51.9. The number of hydrogen-bond acceptors (Lipinski definition) is 8. The fourth-order valence-corrected chi connectivity index (χ4v) is 21.3. The highest BCUT2D eigenvalue weighted by Gasteiger charge is 2.60. The zero-order valence-electron chi connectivity index (χ0n) is 59.6. The van der Waals surface area contributed by atoms with Crippen molar-refractivity contribution < 1.29 is 38.1 Å². The maximum absolute atomic E-state index is 13.9. The van der Waals surface area contributed by atoms with Crippen LogP contribution in [0.25, 0.3) is 0 Å². The molecule has 8 nitrogen and oxygen atoms in total. The van der Waals surface area contributed by atoms with Gasteiger partial charge in [0, 0.05) is 24.5 Å². The van der Waals surface area contributed by atoms with Crippen molar-refractivity contribution in [2.24, 2.45) is 94.7 Å². The number of carbonyl (C=O) groups excluding carboxylic acids is 4. The van der Waals surface area contributed by atoms with E-state index in [2.05, 4.69) is 54.7 Å². The fourth-order valence-electron chi connectivity index (χ4n) is 21.3. The van der Waals surface area contributed by atoms with E-state index in [-0.39, 0.29) is 29.5 Å². The molecular formula is C82H140O8. The molecule has 0 heterocycles. The number of rotatable bonds is 49. The zero-order valence-corrected chi connectivity index (χ0v) is 59.6. The Morgan fingerprint density at radius 1 is 0.456 bits per heavy atom. The topological polar surface area (TPSA) is 105 Å². The van der Waals surface area contributed by atoms with Crippen molar-refractivity contribution in [1.29, 1.82) is 0 Å². The third kappa shape index (κ3) is 22.2. The van der Waals surface area contributed by atoms with E-state index >= 15 is 0 Å². The highest BCUT2D eigenvalue weighted by atomic mass is 16.6. The fraction of sp³-hybridized carbons (Fsp3) is 0.902. The largest absolute Gasteiger partial charge is 0.465 e. The molecule has 18 atom stereocenters. The first-order valence-electron chi connectivity index (χ1n) is 39.7. The highest BCUT2D eigenvalue weighted by Crippen LogP contribution is 2.65. The summed E-state index contributed by atoms with van der Waals surface area (Å²) in [7, 11) is 0. The van der Waals surface area contributed by atoms with Crippen LogP contribution in [0.3, 0.4) is 0 Å². The quantitative estimate of drug-likeness (QED) is 0.0257. The van der Waals surface area contributed by atoms with E-state index in [0.29, 0.717) is 67.1 Å². The van der Waals surface area contributed by atoms with Crippen LogP contribution in [0.2, 0.25) is 0 Å². The second kappa shape index (κ2) is 39.4. The molecule has 7 aliphatic carbocycles. The van der Waals surface area contributed by atoms with E-state index in [1.807, 2.05) is 0 Å². The first-order chi connectivity index (χ1) is 43.7. The van der Waals surface area contributed by atoms with Gasteiger partial charge < -0.3 is 18.9 Å². The molecule has 0 amide bonds. The molecule has 4 bridgehead atoms. The molecule has 0 aromatic heterocycles. The summed E-state index contributed by atoms with van der Waals surface area (Å²) in [6.07, 6.45) is 58.4. The van der Waals surface area contributed by atoms with Crippen molar-refractivity contribution in [3.8, 4) is 0 Å². The maximum atomic E-state index is 13.9. The molecule has 0 aromatic carbocycles. The summed E-state index contributed by atoms with van der Waals surface area (Å²) in [5.74, 6) is 10.8. The minimum absolute atomic E-state index is 0.0107. The van der Waals surface area contributed by atoms with Gasteiger partial charge in [-0.3, -0.25) is 9.59 Å². The number of fused-ring (bicyclic) bond motifs is 10. The lowest BCUT2D eigenvalue weighted by atomic mass is 9.61. The lowest BCUT2D eigenvalue weighted by molar-refractivity contribution is -0.165. The third-order valence-electron chi connectivity index (χ3n) is 26.2. The van der Waals surface area contributed by atoms with E-state index in [0.717, 1.165) is 130 Å². The summed E-state index contributed by atoms with van der Waals surface area (Å²) in [6, 6.07) is 0. The first kappa shape index (κ1) is 74.8. The number of ether oxygens (including phenoxy) is 4. The van der Waals surface area contributed by atoms with Crippen LogP contribution < -0.4 is 0 Å². The maximum Gasteiger partial charge on any atom is 0.333 e. The SMILES string of the molecule is C=CC(=O)OCC1CC2C3CC(CC(CC)(CCCCC)OC(=O)CCCCCCCC4C(CCCCCCCC(=O)OCC5CC6CC5C5CC(C(C)(CCCCCC)OC(=O)C(=C)C)CC65)CCC(CCCCCC)C4CCCCCCCC)C(C3)C2C1. The minimum atomic E-state index is -0.432. The first-order valence-corrected chi connectivity index (χ1v) is 39.7. The molecule has 0 spiro atoms. The Morgan fingerprint density at radius 3 is 1.51 bits per heavy atom. The van der Waals surface area contributed by atoms with E-state index in [9.17, 15) is 19.2 Å². The van der Waals surface area contributed by atoms with Gasteiger partial charge in [-0.15, -0.1) is 0 Å². The standard InChI is InChI=1S/C82H140O8/c1-10-16-20-23-27-33-41-69-62(39-31-21-17-11-2)45-46-63(40-32-26-24-29-35-43-78(84)88-59-67-52-65-54-73(67)76-56-68(55-74(65)76)81(9,47-38-22-18-12-3)90-80(86)60(7)8)70(69)42-34-28-25-30-36-44-79(85)89-82(15-6,48-37-19-13-4)57-66-51-64-53-72(66)75-50-61(49-71(64)75)58-87-77(83)14-5/h14,61-76H,5,7,10-13,15-59H2,1-4,6,8-9H3. The highest BCUT2D eigenvalue weighted by molar-refractivity contribution is 5.87. The Kier molecular flexibility index (Phi) is 32.7. The van der Waals surface area contributed by atoms with Gasteiger partial charge in [-0.1, -0.05) is 208 Å². The van der Waals surface area contributed by atoms with Gasteiger partial charge in [-0.05, 0) is 237 Å². The van der Waals surface area contributed by atoms with Crippen LogP contribution in [0.1, 0.15) is 350 Å². The number of hydrogen-bond donors (Lipinski definition) is 0. The molecule has 516 valence electrons. The van der Waals surface area contributed by atoms with Gasteiger partial charge in [0.05, 0.1) is 13.2 Å². The lowest BCUT2D eigenvalue weighted by Crippen LogP contribution is -2.39. The van der Waals surface area contributed by atoms with Crippen LogP contribution in [0.15, 0.2) is 24.8 Å². The van der Waals surface area contributed by atoms with Gasteiger partial charge in [0.1, 0.15) is 11.2 Å². The Bertz CT molecular complexity index is 2120. The van der Waals surface area contributed by atoms with Gasteiger partial charge in [0.2, 0.25) is 0 Å². The Hall–Kier alpha value is -2.64. The van der Waals surface area contributed by atoms with E-state index < -0.39 is 5.60 Å². The van der Waals surface area contributed by atoms with Crippen molar-refractivity contribution in [2.45, 2.75) is 361 Å². The zero-order chi connectivity index (χ0) is 64.3. The second-order valence-corrected chi connectivity index (χ2v) is 32.4. The van der Waals surface area contributed by atoms with Crippen molar-refractivity contribution in [3.05, 3.63) is 24.8 Å². The molecule has 8 heteroatoms. The van der Waals surface area contributed by atoms with Crippen LogP contribution in [0.4, 0.5) is 0 Å². The molecule has 0 aliphatic heterocycles. The van der Waals surface area contributed by atoms with Gasteiger partial charge in [-0.25, -0.2) is 9.59 Å². The van der Waals surface area contributed by atoms with E-state index in [4.69, 9.17) is 18.9 Å². The Morgan fingerprint density at radius 2 is 0.922 bits per heavy atom. The molecular weight excluding hydrogens is 1110 g/mol. The molecule has 0 saturated heterocycles. The minimum Gasteiger partial charge on any atom is -0.465 e. The summed E-state index contributed by atoms with van der Waals surface area (Å²) in [6.45, 7) is 24.1. The van der Waals surface area contributed by atoms with Gasteiger partial charge >= 0.3 is 23.9 Å². The van der Waals surface area contributed by atoms with Crippen LogP contribution in [-0.2, 0) is 38.1 Å². The summed E-state index contributed by atoms with van der Waals surface area (Å²) >= 11 is 0. The molecule has 18 unspecified atom stereocenters. The van der Waals surface area contributed by atoms with E-state index in [1.54, 1.807) is 6.92 Å². The molecule has 7 rings (SSSR count). The normalized spacial score (nSPS) is 31.0. The van der Waals surface area contributed by atoms with Crippen molar-refractivity contribution >= 4 is 23.9 Å². The molecule has 0 N–H and O–H groups in total. The summed E-state index contributed by atoms with van der Waals surface area (Å²) in [5, 5.41) is 0. The molecule has 7 aliphatic rings. The number of carbonyl (C=O) groups is 4. The van der Waals surface area contributed by atoms with Gasteiger partial charge in [-0.2, -0.15) is 0 Å². The van der Waals surface area contributed by atoms with Gasteiger partial charge in [0.15, 0.2) is 0 Å². The van der Waals surface area contributed by atoms with Crippen LogP contribution >= 0.6 is 0 Å². The number of unbranched alkanes of at least 4 members (excludes halogenated alkanes) is 21. The average molecular weight is 1250 g/mol. The van der Waals surface area contributed by atoms with Crippen molar-refractivity contribution in [1.82, 2.24) is 0 Å². The molecule has 0 aromatic rings. The average Bonchev–Trinajstić information content (AvgIpc) is 1.61. The Labute approximate surface area is 553 Å². The lowest BCUT2D eigenvalue weighted by Gasteiger charge is -2.44. The predicted molar refractivity (Wildman–Crippen MR) is 371 cm³/mol. The monoisotopic (exact) mass is 1250 g/mol. The molecule has 90 heavy (non-hydrogen) atoms. The molecule has 7 saturated carbocycles. The summed E-state index contributed by atoms with van der Waals surface area (Å²) in [5.41, 5.74) is -0.277. The third-order valence-corrected chi connectivity index (χ3v) is 26.2. The van der Waals surface area contributed by atoms with Crippen LogP contribution in [0.5, 0.6) is 0 Å². The summed E-state index contributed by atoms with van der Waals surface area (Å²) < 4.78 is 24.7. The smallest absolute Gasteiger partial charge is 0.333 e. The second-order valence-electron chi connectivity index (χ2n) is 32.4. The molecule has 0 radical (unpaired) electrons.